The van der Waals surface area contributed by atoms with Crippen molar-refractivity contribution in [3.63, 3.8) is 0 Å². The van der Waals surface area contributed by atoms with Crippen LogP contribution in [0.25, 0.3) is 0 Å². The number of hydrogen-bond acceptors (Lipinski definition) is 3. The van der Waals surface area contributed by atoms with Crippen LogP contribution in [0, 0.1) is 18.6 Å². The average molecular weight is 451 g/mol. The molecule has 0 unspecified atom stereocenters. The molecule has 0 saturated heterocycles. The summed E-state index contributed by atoms with van der Waals surface area (Å²) in [5, 5.41) is 2.59. The smallest absolute Gasteiger partial charge is 0.264 e. The number of nitrogens with one attached hydrogen (secondary N) is 1. The molecule has 0 aliphatic heterocycles. The number of amides is 1. The summed E-state index contributed by atoms with van der Waals surface area (Å²) >= 11 is 6.15. The Morgan fingerprint density at radius 1 is 1.03 bits per heavy atom. The number of carbonyl (C=O) groups is 1. The first-order valence-electron chi connectivity index (χ1n) is 8.77. The van der Waals surface area contributed by atoms with E-state index in [4.69, 9.17) is 11.6 Å². The molecule has 0 fully saturated rings. The van der Waals surface area contributed by atoms with Gasteiger partial charge in [0, 0.05) is 11.1 Å². The Labute approximate surface area is 178 Å². The Balaban J connectivity index is 1.97. The van der Waals surface area contributed by atoms with E-state index >= 15 is 0 Å². The van der Waals surface area contributed by atoms with E-state index in [0.717, 1.165) is 22.0 Å². The molecule has 3 rings (SSSR count). The van der Waals surface area contributed by atoms with Crippen molar-refractivity contribution in [2.45, 2.75) is 11.8 Å². The minimum atomic E-state index is -4.13. The molecule has 3 aromatic carbocycles. The van der Waals surface area contributed by atoms with Crippen LogP contribution in [0.3, 0.4) is 0 Å². The average Bonchev–Trinajstić information content (AvgIpc) is 2.71. The summed E-state index contributed by atoms with van der Waals surface area (Å²) in [6.45, 7) is 1.11. The zero-order chi connectivity index (χ0) is 21.9. The van der Waals surface area contributed by atoms with Gasteiger partial charge in [-0.05, 0) is 48.9 Å². The van der Waals surface area contributed by atoms with Gasteiger partial charge in [-0.15, -0.1) is 0 Å². The Morgan fingerprint density at radius 2 is 1.73 bits per heavy atom. The fourth-order valence-corrected chi connectivity index (χ4v) is 4.29. The minimum absolute atomic E-state index is 0.0255. The van der Waals surface area contributed by atoms with Crippen LogP contribution < -0.4 is 9.62 Å². The van der Waals surface area contributed by atoms with Gasteiger partial charge in [-0.2, -0.15) is 0 Å². The van der Waals surface area contributed by atoms with Gasteiger partial charge in [-0.3, -0.25) is 9.10 Å². The van der Waals surface area contributed by atoms with Crippen LogP contribution in [-0.2, 0) is 14.8 Å². The Bertz CT molecular complexity index is 1190. The van der Waals surface area contributed by atoms with E-state index in [1.807, 2.05) is 0 Å². The van der Waals surface area contributed by atoms with Crippen LogP contribution in [0.2, 0.25) is 5.02 Å². The van der Waals surface area contributed by atoms with Gasteiger partial charge < -0.3 is 5.32 Å². The number of sulfonamides is 1. The van der Waals surface area contributed by atoms with Crippen LogP contribution in [-0.4, -0.2) is 20.9 Å². The standard InChI is InChI=1S/C21H17ClF2N2O3S/c1-14-7-9-16(12-18(14)22)26(30(28,29)17-5-3-2-4-6-17)13-21(27)25-20-10-8-15(23)11-19(20)24/h2-12H,13H2,1H3,(H,25,27). The molecule has 3 aromatic rings. The van der Waals surface area contributed by atoms with Crippen LogP contribution in [0.4, 0.5) is 20.2 Å². The first-order valence-corrected chi connectivity index (χ1v) is 10.6. The fourth-order valence-electron chi connectivity index (χ4n) is 2.68. The number of carbonyl (C=O) groups excluding carboxylic acids is 1. The van der Waals surface area contributed by atoms with Gasteiger partial charge in [-0.1, -0.05) is 35.9 Å². The van der Waals surface area contributed by atoms with Crippen LogP contribution >= 0.6 is 11.6 Å². The van der Waals surface area contributed by atoms with Crippen molar-refractivity contribution < 1.29 is 22.0 Å². The highest BCUT2D eigenvalue weighted by atomic mass is 35.5. The van der Waals surface area contributed by atoms with Crippen molar-refractivity contribution in [1.82, 2.24) is 0 Å². The maximum Gasteiger partial charge on any atom is 0.264 e. The van der Waals surface area contributed by atoms with Gasteiger partial charge in [0.2, 0.25) is 5.91 Å². The number of benzene rings is 3. The third-order valence-corrected chi connectivity index (χ3v) is 6.46. The van der Waals surface area contributed by atoms with Crippen molar-refractivity contribution in [2.75, 3.05) is 16.2 Å². The number of hydrogen-bond donors (Lipinski definition) is 1. The molecule has 0 spiro atoms. The van der Waals surface area contributed by atoms with Crippen LogP contribution in [0.15, 0.2) is 71.6 Å². The summed E-state index contributed by atoms with van der Waals surface area (Å²) < 4.78 is 54.2. The van der Waals surface area contributed by atoms with Gasteiger partial charge >= 0.3 is 0 Å². The molecule has 30 heavy (non-hydrogen) atoms. The number of halogens is 3. The molecule has 0 aliphatic carbocycles. The second-order valence-corrected chi connectivity index (χ2v) is 8.70. The summed E-state index contributed by atoms with van der Waals surface area (Å²) in [6.07, 6.45) is 0. The molecule has 1 N–H and O–H groups in total. The van der Waals surface area contributed by atoms with Crippen LogP contribution in [0.1, 0.15) is 5.56 Å². The van der Waals surface area contributed by atoms with E-state index in [1.54, 1.807) is 31.2 Å². The van der Waals surface area contributed by atoms with E-state index in [1.165, 1.54) is 24.3 Å². The second kappa shape index (κ2) is 8.81. The maximum atomic E-state index is 13.9. The summed E-state index contributed by atoms with van der Waals surface area (Å²) in [7, 11) is -4.13. The highest BCUT2D eigenvalue weighted by Gasteiger charge is 2.27. The van der Waals surface area contributed by atoms with Gasteiger partial charge in [0.15, 0.2) is 0 Å². The van der Waals surface area contributed by atoms with E-state index in [-0.39, 0.29) is 16.3 Å². The van der Waals surface area contributed by atoms with Crippen molar-refractivity contribution in [2.24, 2.45) is 0 Å². The molecule has 0 saturated carbocycles. The van der Waals surface area contributed by atoms with Crippen molar-refractivity contribution >= 4 is 38.9 Å². The maximum absolute atomic E-state index is 13.9. The second-order valence-electron chi connectivity index (χ2n) is 6.43. The number of nitrogens with zero attached hydrogens (tertiary/aromatic N) is 1. The molecule has 5 nitrogen and oxygen atoms in total. The van der Waals surface area contributed by atoms with Crippen molar-refractivity contribution in [3.8, 4) is 0 Å². The summed E-state index contributed by atoms with van der Waals surface area (Å²) in [4.78, 5) is 12.5. The number of aryl methyl sites for hydroxylation is 1. The Kier molecular flexibility index (Phi) is 6.38. The lowest BCUT2D eigenvalue weighted by molar-refractivity contribution is -0.114. The quantitative estimate of drug-likeness (QED) is 0.588. The lowest BCUT2D eigenvalue weighted by Crippen LogP contribution is -2.38. The third-order valence-electron chi connectivity index (χ3n) is 4.27. The Hall–Kier alpha value is -2.97. The monoisotopic (exact) mass is 450 g/mol. The van der Waals surface area contributed by atoms with Gasteiger partial charge in [0.1, 0.15) is 18.2 Å². The topological polar surface area (TPSA) is 66.5 Å². The highest BCUT2D eigenvalue weighted by molar-refractivity contribution is 7.92. The van der Waals surface area contributed by atoms with Crippen molar-refractivity contribution in [1.29, 1.82) is 0 Å². The predicted molar refractivity (Wildman–Crippen MR) is 112 cm³/mol. The van der Waals surface area contributed by atoms with Gasteiger partial charge in [-0.25, -0.2) is 17.2 Å². The normalized spacial score (nSPS) is 11.2. The molecule has 0 atom stereocenters. The zero-order valence-electron chi connectivity index (χ0n) is 15.8. The number of anilines is 2. The lowest BCUT2D eigenvalue weighted by atomic mass is 10.2. The first kappa shape index (κ1) is 21.7. The molecule has 0 aromatic heterocycles. The summed E-state index contributed by atoms with van der Waals surface area (Å²) in [5.74, 6) is -2.58. The highest BCUT2D eigenvalue weighted by Crippen LogP contribution is 2.28. The molecule has 9 heteroatoms. The molecule has 0 bridgehead atoms. The van der Waals surface area contributed by atoms with Crippen LogP contribution in [0.5, 0.6) is 0 Å². The number of rotatable bonds is 6. The third kappa shape index (κ3) is 4.77. The molecule has 156 valence electrons. The van der Waals surface area contributed by atoms with E-state index in [0.29, 0.717) is 11.1 Å². The van der Waals surface area contributed by atoms with Gasteiger partial charge in [0.25, 0.3) is 10.0 Å². The predicted octanol–water partition coefficient (Wildman–Crippen LogP) is 4.76. The van der Waals surface area contributed by atoms with E-state index < -0.39 is 34.1 Å². The lowest BCUT2D eigenvalue weighted by Gasteiger charge is -2.24. The zero-order valence-corrected chi connectivity index (χ0v) is 17.3. The van der Waals surface area contributed by atoms with Crippen molar-refractivity contribution in [3.05, 3.63) is 89.0 Å². The van der Waals surface area contributed by atoms with E-state index in [9.17, 15) is 22.0 Å². The molecule has 0 radical (unpaired) electrons. The van der Waals surface area contributed by atoms with E-state index in [2.05, 4.69) is 5.32 Å². The fraction of sp³-hybridized carbons (Fsp3) is 0.0952. The minimum Gasteiger partial charge on any atom is -0.322 e. The summed E-state index contributed by atoms with van der Waals surface area (Å²) in [6, 6.07) is 14.8. The molecule has 1 amide bonds. The molecular formula is C21H17ClF2N2O3S. The largest absolute Gasteiger partial charge is 0.322 e. The SMILES string of the molecule is Cc1ccc(N(CC(=O)Nc2ccc(F)cc2F)S(=O)(=O)c2ccccc2)cc1Cl. The first-order chi connectivity index (χ1) is 14.2. The molecule has 0 heterocycles. The molecule has 0 aliphatic rings. The van der Waals surface area contributed by atoms with Gasteiger partial charge in [0.05, 0.1) is 16.3 Å². The Morgan fingerprint density at radius 3 is 2.37 bits per heavy atom. The molecular weight excluding hydrogens is 434 g/mol. The summed E-state index contributed by atoms with van der Waals surface area (Å²) in [5.41, 5.74) is 0.639.